The van der Waals surface area contributed by atoms with E-state index in [1.807, 2.05) is 49.5 Å². The van der Waals surface area contributed by atoms with Crippen LogP contribution in [0.4, 0.5) is 17.2 Å². The molecule has 0 amide bonds. The van der Waals surface area contributed by atoms with Gasteiger partial charge in [-0.3, -0.25) is 4.57 Å². The Balaban J connectivity index is 1.27. The summed E-state index contributed by atoms with van der Waals surface area (Å²) in [6, 6.07) is 33.6. The minimum atomic E-state index is 0.371. The van der Waals surface area contributed by atoms with Crippen molar-refractivity contribution in [1.29, 1.82) is 0 Å². The summed E-state index contributed by atoms with van der Waals surface area (Å²) in [6.07, 6.45) is 1.83. The van der Waals surface area contributed by atoms with Crippen molar-refractivity contribution in [2.75, 3.05) is 16.5 Å². The van der Waals surface area contributed by atoms with Gasteiger partial charge in [-0.2, -0.15) is 0 Å². The largest absolute Gasteiger partial charge is 0.457 e. The van der Waals surface area contributed by atoms with Crippen LogP contribution in [0.5, 0.6) is 11.5 Å². The first kappa shape index (κ1) is 23.3. The van der Waals surface area contributed by atoms with Crippen LogP contribution in [0.15, 0.2) is 103 Å². The zero-order valence-corrected chi connectivity index (χ0v) is 22.2. The number of hydrogen-bond donors (Lipinski definition) is 0. The highest BCUT2D eigenvalue weighted by Gasteiger charge is 2.30. The van der Waals surface area contributed by atoms with Crippen LogP contribution in [-0.4, -0.2) is 27.2 Å². The molecule has 0 saturated heterocycles. The fourth-order valence-corrected chi connectivity index (χ4v) is 5.50. The summed E-state index contributed by atoms with van der Waals surface area (Å²) in [6.45, 7) is 7.22. The highest BCUT2D eigenvalue weighted by atomic mass is 16.5. The fraction of sp³-hybridized carbons (Fsp3) is 0.152. The predicted octanol–water partition coefficient (Wildman–Crippen LogP) is 8.00. The third-order valence-corrected chi connectivity index (χ3v) is 7.36. The van der Waals surface area contributed by atoms with Crippen molar-refractivity contribution >= 4 is 39.0 Å². The highest BCUT2D eigenvalue weighted by molar-refractivity contribution is 6.09. The van der Waals surface area contributed by atoms with Crippen LogP contribution in [0.1, 0.15) is 19.5 Å². The van der Waals surface area contributed by atoms with Crippen molar-refractivity contribution < 1.29 is 4.74 Å². The number of fused-ring (bicyclic) bond motifs is 4. The smallest absolute Gasteiger partial charge is 0.158 e. The van der Waals surface area contributed by atoms with E-state index in [-0.39, 0.29) is 0 Å². The standard InChI is InChI=1S/C33H29N5O/c1-22(2)36-21-37(33-30(36)17-14-23(3)35-33)24-9-8-10-25(19-24)39-26-15-16-28-27-11-4-5-12-29(27)38(31(28)20-26)32-13-6-7-18-34-32/h4-20,22H,21H2,1-3H3. The molecule has 0 saturated carbocycles. The summed E-state index contributed by atoms with van der Waals surface area (Å²) < 4.78 is 8.66. The summed E-state index contributed by atoms with van der Waals surface area (Å²) in [5, 5.41) is 2.36. The highest BCUT2D eigenvalue weighted by Crippen LogP contribution is 2.41. The lowest BCUT2D eigenvalue weighted by Gasteiger charge is -2.24. The van der Waals surface area contributed by atoms with Crippen LogP contribution < -0.4 is 14.5 Å². The first-order valence-electron chi connectivity index (χ1n) is 13.3. The molecular weight excluding hydrogens is 482 g/mol. The van der Waals surface area contributed by atoms with Gasteiger partial charge < -0.3 is 14.5 Å². The van der Waals surface area contributed by atoms with Crippen LogP contribution in [0.25, 0.3) is 27.6 Å². The van der Waals surface area contributed by atoms with Gasteiger partial charge in [-0.1, -0.05) is 30.3 Å². The molecule has 0 fully saturated rings. The molecule has 1 aliphatic heterocycles. The van der Waals surface area contributed by atoms with E-state index in [0.717, 1.165) is 57.9 Å². The quantitative estimate of drug-likeness (QED) is 0.235. The van der Waals surface area contributed by atoms with E-state index >= 15 is 0 Å². The number of rotatable bonds is 5. The summed E-state index contributed by atoms with van der Waals surface area (Å²) >= 11 is 0. The maximum absolute atomic E-state index is 6.47. The van der Waals surface area contributed by atoms with E-state index in [4.69, 9.17) is 9.72 Å². The molecule has 0 aliphatic carbocycles. The van der Waals surface area contributed by atoms with E-state index in [0.29, 0.717) is 6.04 Å². The second kappa shape index (κ2) is 9.17. The molecule has 0 bridgehead atoms. The van der Waals surface area contributed by atoms with Crippen LogP contribution in [0.2, 0.25) is 0 Å². The summed E-state index contributed by atoms with van der Waals surface area (Å²) in [5.74, 6) is 3.43. The van der Waals surface area contributed by atoms with Crippen molar-refractivity contribution in [1.82, 2.24) is 14.5 Å². The number of aryl methyl sites for hydroxylation is 1. The van der Waals surface area contributed by atoms with Gasteiger partial charge in [0.15, 0.2) is 5.82 Å². The predicted molar refractivity (Wildman–Crippen MR) is 159 cm³/mol. The number of pyridine rings is 2. The van der Waals surface area contributed by atoms with E-state index in [9.17, 15) is 0 Å². The summed E-state index contributed by atoms with van der Waals surface area (Å²) in [5.41, 5.74) is 5.40. The van der Waals surface area contributed by atoms with Crippen molar-refractivity contribution in [3.63, 3.8) is 0 Å². The van der Waals surface area contributed by atoms with Crippen LogP contribution in [-0.2, 0) is 0 Å². The molecule has 0 N–H and O–H groups in total. The Morgan fingerprint density at radius 1 is 0.769 bits per heavy atom. The minimum absolute atomic E-state index is 0.371. The molecule has 0 spiro atoms. The molecule has 6 nitrogen and oxygen atoms in total. The SMILES string of the molecule is Cc1ccc2c(n1)N(c1cccc(Oc3ccc4c5ccccc5n(-c5ccccn5)c4c3)c1)CN2C(C)C. The second-order valence-electron chi connectivity index (χ2n) is 10.2. The van der Waals surface area contributed by atoms with Crippen molar-refractivity contribution in [3.05, 3.63) is 109 Å². The van der Waals surface area contributed by atoms with Gasteiger partial charge in [0.25, 0.3) is 0 Å². The fourth-order valence-electron chi connectivity index (χ4n) is 5.50. The van der Waals surface area contributed by atoms with Crippen molar-refractivity contribution in [2.24, 2.45) is 0 Å². The topological polar surface area (TPSA) is 46.4 Å². The van der Waals surface area contributed by atoms with Gasteiger partial charge in [-0.05, 0) is 75.4 Å². The van der Waals surface area contributed by atoms with Crippen LogP contribution in [0, 0.1) is 6.92 Å². The molecule has 1 aliphatic rings. The maximum Gasteiger partial charge on any atom is 0.158 e. The van der Waals surface area contributed by atoms with E-state index < -0.39 is 0 Å². The third kappa shape index (κ3) is 3.96. The molecule has 6 heteroatoms. The number of nitrogens with zero attached hydrogens (tertiary/aromatic N) is 5. The first-order chi connectivity index (χ1) is 19.1. The van der Waals surface area contributed by atoms with E-state index in [1.165, 1.54) is 10.8 Å². The Morgan fingerprint density at radius 2 is 1.59 bits per heavy atom. The van der Waals surface area contributed by atoms with Crippen LogP contribution >= 0.6 is 0 Å². The Labute approximate surface area is 227 Å². The number of aromatic nitrogens is 3. The molecule has 39 heavy (non-hydrogen) atoms. The van der Waals surface area contributed by atoms with E-state index in [1.54, 1.807) is 0 Å². The van der Waals surface area contributed by atoms with Crippen molar-refractivity contribution in [2.45, 2.75) is 26.8 Å². The van der Waals surface area contributed by atoms with E-state index in [2.05, 4.69) is 93.9 Å². The van der Waals surface area contributed by atoms with Crippen molar-refractivity contribution in [3.8, 4) is 17.3 Å². The zero-order valence-electron chi connectivity index (χ0n) is 22.2. The summed E-state index contributed by atoms with van der Waals surface area (Å²) in [4.78, 5) is 14.2. The number of para-hydroxylation sites is 1. The monoisotopic (exact) mass is 511 g/mol. The number of benzene rings is 3. The molecule has 0 unspecified atom stereocenters. The van der Waals surface area contributed by atoms with Gasteiger partial charge in [-0.15, -0.1) is 0 Å². The molecule has 0 atom stereocenters. The van der Waals surface area contributed by atoms with Gasteiger partial charge in [0.2, 0.25) is 0 Å². The molecule has 192 valence electrons. The molecule has 0 radical (unpaired) electrons. The summed E-state index contributed by atoms with van der Waals surface area (Å²) in [7, 11) is 0. The minimum Gasteiger partial charge on any atom is -0.457 e. The molecule has 3 aromatic heterocycles. The Kier molecular flexibility index (Phi) is 5.48. The third-order valence-electron chi connectivity index (χ3n) is 7.36. The molecular formula is C33H29N5O. The maximum atomic E-state index is 6.47. The molecule has 7 rings (SSSR count). The number of anilines is 3. The lowest BCUT2D eigenvalue weighted by Crippen LogP contribution is -2.33. The van der Waals surface area contributed by atoms with Gasteiger partial charge in [0, 0.05) is 46.5 Å². The molecule has 3 aromatic carbocycles. The Bertz CT molecular complexity index is 1830. The normalized spacial score (nSPS) is 13.0. The Hall–Kier alpha value is -4.84. The molecule has 4 heterocycles. The van der Waals surface area contributed by atoms with Gasteiger partial charge in [0.05, 0.1) is 23.4 Å². The first-order valence-corrected chi connectivity index (χ1v) is 13.3. The van der Waals surface area contributed by atoms with Gasteiger partial charge >= 0.3 is 0 Å². The lowest BCUT2D eigenvalue weighted by molar-refractivity contribution is 0.483. The second-order valence-corrected chi connectivity index (χ2v) is 10.2. The zero-order chi connectivity index (χ0) is 26.5. The van der Waals surface area contributed by atoms with Gasteiger partial charge in [-0.25, -0.2) is 9.97 Å². The van der Waals surface area contributed by atoms with Gasteiger partial charge in [0.1, 0.15) is 17.3 Å². The number of hydrogen-bond acceptors (Lipinski definition) is 5. The Morgan fingerprint density at radius 3 is 2.44 bits per heavy atom. The lowest BCUT2D eigenvalue weighted by atomic mass is 10.1. The molecule has 6 aromatic rings. The average Bonchev–Trinajstić information content (AvgIpc) is 3.49. The number of ether oxygens (including phenoxy) is 1. The van der Waals surface area contributed by atoms with Crippen LogP contribution in [0.3, 0.4) is 0 Å². The average molecular weight is 512 g/mol.